The summed E-state index contributed by atoms with van der Waals surface area (Å²) in [5.74, 6) is 1.06. The molecule has 2 aromatic heterocycles. The van der Waals surface area contributed by atoms with Crippen molar-refractivity contribution in [2.75, 3.05) is 0 Å². The van der Waals surface area contributed by atoms with Crippen LogP contribution in [-0.4, -0.2) is 11.0 Å². The van der Waals surface area contributed by atoms with E-state index in [2.05, 4.69) is 41.5 Å². The third-order valence-corrected chi connectivity index (χ3v) is 3.73. The van der Waals surface area contributed by atoms with Crippen molar-refractivity contribution < 1.29 is 4.42 Å². The summed E-state index contributed by atoms with van der Waals surface area (Å²) >= 11 is 0. The second-order valence-electron chi connectivity index (χ2n) is 5.43. The molecular formula is C18H20N2O. The summed E-state index contributed by atoms with van der Waals surface area (Å²) < 4.78 is 5.36. The monoisotopic (exact) mass is 280 g/mol. The first-order valence-electron chi connectivity index (χ1n) is 7.41. The highest BCUT2D eigenvalue weighted by molar-refractivity contribution is 5.78. The normalized spacial score (nSPS) is 12.6. The first-order chi connectivity index (χ1) is 10.3. The van der Waals surface area contributed by atoms with Gasteiger partial charge in [0.1, 0.15) is 5.76 Å². The number of rotatable bonds is 6. The Hall–Kier alpha value is -2.13. The van der Waals surface area contributed by atoms with Crippen LogP contribution in [0.2, 0.25) is 0 Å². The number of hydrogen-bond acceptors (Lipinski definition) is 3. The predicted octanol–water partition coefficient (Wildman–Crippen LogP) is 3.94. The lowest BCUT2D eigenvalue weighted by molar-refractivity contribution is 0.460. The standard InChI is InChI=1S/C18H20N2O/c1-14(6-8-17-5-3-11-21-17)20-13-15-7-9-18-16(12-15)4-2-10-19-18/h2-5,7,9-12,14,20H,6,8,13H2,1H3. The molecule has 0 spiro atoms. The van der Waals surface area contributed by atoms with Crippen molar-refractivity contribution in [2.24, 2.45) is 0 Å². The number of nitrogens with one attached hydrogen (secondary N) is 1. The van der Waals surface area contributed by atoms with Gasteiger partial charge in [0.25, 0.3) is 0 Å². The van der Waals surface area contributed by atoms with Crippen LogP contribution in [0.15, 0.2) is 59.3 Å². The zero-order valence-corrected chi connectivity index (χ0v) is 12.3. The molecule has 0 saturated heterocycles. The molecular weight excluding hydrogens is 260 g/mol. The molecule has 0 bridgehead atoms. The fourth-order valence-corrected chi connectivity index (χ4v) is 2.44. The molecule has 0 aliphatic rings. The van der Waals surface area contributed by atoms with Crippen LogP contribution >= 0.6 is 0 Å². The zero-order chi connectivity index (χ0) is 14.5. The number of furan rings is 1. The maximum atomic E-state index is 5.36. The van der Waals surface area contributed by atoms with E-state index >= 15 is 0 Å². The molecule has 0 amide bonds. The third-order valence-electron chi connectivity index (χ3n) is 3.73. The molecule has 3 aromatic rings. The molecule has 1 atom stereocenters. The molecule has 0 fully saturated rings. The van der Waals surface area contributed by atoms with Gasteiger partial charge in [-0.05, 0) is 49.2 Å². The fourth-order valence-electron chi connectivity index (χ4n) is 2.44. The molecule has 3 rings (SSSR count). The van der Waals surface area contributed by atoms with E-state index in [1.54, 1.807) is 6.26 Å². The molecule has 21 heavy (non-hydrogen) atoms. The number of benzene rings is 1. The summed E-state index contributed by atoms with van der Waals surface area (Å²) in [5, 5.41) is 4.76. The van der Waals surface area contributed by atoms with E-state index in [0.29, 0.717) is 6.04 Å². The van der Waals surface area contributed by atoms with Crippen molar-refractivity contribution in [3.63, 3.8) is 0 Å². The van der Waals surface area contributed by atoms with Gasteiger partial charge in [0.05, 0.1) is 11.8 Å². The van der Waals surface area contributed by atoms with E-state index in [0.717, 1.165) is 30.7 Å². The average molecular weight is 280 g/mol. The Morgan fingerprint density at radius 1 is 1.19 bits per heavy atom. The van der Waals surface area contributed by atoms with Crippen LogP contribution in [0.4, 0.5) is 0 Å². The number of fused-ring (bicyclic) bond motifs is 1. The summed E-state index contributed by atoms with van der Waals surface area (Å²) in [6.07, 6.45) is 5.61. The highest BCUT2D eigenvalue weighted by Crippen LogP contribution is 2.13. The number of hydrogen-bond donors (Lipinski definition) is 1. The molecule has 0 saturated carbocycles. The minimum absolute atomic E-state index is 0.458. The van der Waals surface area contributed by atoms with Gasteiger partial charge in [0, 0.05) is 30.6 Å². The van der Waals surface area contributed by atoms with Gasteiger partial charge >= 0.3 is 0 Å². The van der Waals surface area contributed by atoms with Crippen LogP contribution in [0.5, 0.6) is 0 Å². The Balaban J connectivity index is 1.53. The summed E-state index contributed by atoms with van der Waals surface area (Å²) in [5.41, 5.74) is 2.34. The Kier molecular flexibility index (Phi) is 4.31. The Morgan fingerprint density at radius 3 is 3.00 bits per heavy atom. The maximum absolute atomic E-state index is 5.36. The first-order valence-corrected chi connectivity index (χ1v) is 7.41. The zero-order valence-electron chi connectivity index (χ0n) is 12.3. The Bertz CT molecular complexity index is 691. The summed E-state index contributed by atoms with van der Waals surface area (Å²) in [6.45, 7) is 3.09. The van der Waals surface area contributed by atoms with Crippen LogP contribution in [0.3, 0.4) is 0 Å². The smallest absolute Gasteiger partial charge is 0.103 e. The number of pyridine rings is 1. The highest BCUT2D eigenvalue weighted by atomic mass is 16.3. The fraction of sp³-hybridized carbons (Fsp3) is 0.278. The van der Waals surface area contributed by atoms with Crippen molar-refractivity contribution >= 4 is 10.9 Å². The van der Waals surface area contributed by atoms with Gasteiger partial charge in [-0.25, -0.2) is 0 Å². The van der Waals surface area contributed by atoms with Gasteiger partial charge < -0.3 is 9.73 Å². The van der Waals surface area contributed by atoms with Crippen LogP contribution in [0.1, 0.15) is 24.7 Å². The molecule has 3 nitrogen and oxygen atoms in total. The Labute approximate surface area is 125 Å². The van der Waals surface area contributed by atoms with Crippen LogP contribution in [-0.2, 0) is 13.0 Å². The second-order valence-corrected chi connectivity index (χ2v) is 5.43. The lowest BCUT2D eigenvalue weighted by Gasteiger charge is -2.13. The lowest BCUT2D eigenvalue weighted by Crippen LogP contribution is -2.25. The molecule has 0 aliphatic heterocycles. The van der Waals surface area contributed by atoms with Crippen molar-refractivity contribution in [1.29, 1.82) is 0 Å². The predicted molar refractivity (Wildman–Crippen MR) is 85.1 cm³/mol. The maximum Gasteiger partial charge on any atom is 0.103 e. The summed E-state index contributed by atoms with van der Waals surface area (Å²) in [7, 11) is 0. The van der Waals surface area contributed by atoms with Gasteiger partial charge in [-0.2, -0.15) is 0 Å². The van der Waals surface area contributed by atoms with E-state index in [-0.39, 0.29) is 0 Å². The van der Waals surface area contributed by atoms with E-state index in [1.807, 2.05) is 24.4 Å². The van der Waals surface area contributed by atoms with Gasteiger partial charge in [-0.1, -0.05) is 12.1 Å². The van der Waals surface area contributed by atoms with Gasteiger partial charge in [0.15, 0.2) is 0 Å². The molecule has 108 valence electrons. The van der Waals surface area contributed by atoms with Crippen molar-refractivity contribution in [2.45, 2.75) is 32.4 Å². The van der Waals surface area contributed by atoms with E-state index in [9.17, 15) is 0 Å². The topological polar surface area (TPSA) is 38.1 Å². The number of nitrogens with zero attached hydrogens (tertiary/aromatic N) is 1. The first kappa shape index (κ1) is 13.8. The molecule has 2 heterocycles. The van der Waals surface area contributed by atoms with Crippen LogP contribution < -0.4 is 5.32 Å². The molecule has 0 radical (unpaired) electrons. The largest absolute Gasteiger partial charge is 0.469 e. The molecule has 1 unspecified atom stereocenters. The van der Waals surface area contributed by atoms with Crippen molar-refractivity contribution in [3.05, 3.63) is 66.2 Å². The molecule has 0 aliphatic carbocycles. The van der Waals surface area contributed by atoms with Gasteiger partial charge in [-0.3, -0.25) is 4.98 Å². The molecule has 1 N–H and O–H groups in total. The van der Waals surface area contributed by atoms with Gasteiger partial charge in [-0.15, -0.1) is 0 Å². The minimum Gasteiger partial charge on any atom is -0.469 e. The molecule has 1 aromatic carbocycles. The van der Waals surface area contributed by atoms with Gasteiger partial charge in [0.2, 0.25) is 0 Å². The van der Waals surface area contributed by atoms with E-state index in [4.69, 9.17) is 4.42 Å². The van der Waals surface area contributed by atoms with Crippen molar-refractivity contribution in [3.8, 4) is 0 Å². The average Bonchev–Trinajstić information content (AvgIpc) is 3.04. The second kappa shape index (κ2) is 6.55. The SMILES string of the molecule is CC(CCc1ccco1)NCc1ccc2ncccc2c1. The number of aryl methyl sites for hydroxylation is 1. The highest BCUT2D eigenvalue weighted by Gasteiger charge is 2.04. The van der Waals surface area contributed by atoms with E-state index < -0.39 is 0 Å². The minimum atomic E-state index is 0.458. The Morgan fingerprint density at radius 2 is 2.14 bits per heavy atom. The lowest BCUT2D eigenvalue weighted by atomic mass is 10.1. The summed E-state index contributed by atoms with van der Waals surface area (Å²) in [4.78, 5) is 4.34. The summed E-state index contributed by atoms with van der Waals surface area (Å²) in [6, 6.07) is 14.9. The van der Waals surface area contributed by atoms with Crippen molar-refractivity contribution in [1.82, 2.24) is 10.3 Å². The van der Waals surface area contributed by atoms with Crippen LogP contribution in [0.25, 0.3) is 10.9 Å². The quantitative estimate of drug-likeness (QED) is 0.743. The van der Waals surface area contributed by atoms with Crippen LogP contribution in [0, 0.1) is 0 Å². The number of aromatic nitrogens is 1. The third kappa shape index (κ3) is 3.70. The molecule has 3 heteroatoms. The van der Waals surface area contributed by atoms with E-state index in [1.165, 1.54) is 10.9 Å².